The predicted octanol–water partition coefficient (Wildman–Crippen LogP) is 7.43. The number of anilines is 3. The van der Waals surface area contributed by atoms with E-state index in [2.05, 4.69) is 75.8 Å². The summed E-state index contributed by atoms with van der Waals surface area (Å²) in [4.78, 5) is 2.16. The molecule has 2 aromatic heterocycles. The molecule has 0 spiro atoms. The summed E-state index contributed by atoms with van der Waals surface area (Å²) < 4.78 is 3.86. The van der Waals surface area contributed by atoms with Gasteiger partial charge in [0.1, 0.15) is 0 Å². The SMILES string of the molecule is [Pt+2].[c-]1c(N(c2[c-]c(-n3ncc4ccccc43)ccc2)c2ccccc2)cccc1-n1ncc2ccccc21. The maximum atomic E-state index is 4.64. The van der Waals surface area contributed by atoms with Crippen molar-refractivity contribution in [2.24, 2.45) is 0 Å². The van der Waals surface area contributed by atoms with Gasteiger partial charge >= 0.3 is 21.1 Å². The Kier molecular flexibility index (Phi) is 6.36. The Morgan fingerprint density at radius 2 is 0.974 bits per heavy atom. The second-order valence-corrected chi connectivity index (χ2v) is 8.74. The van der Waals surface area contributed by atoms with Gasteiger partial charge in [-0.1, -0.05) is 66.0 Å². The van der Waals surface area contributed by atoms with E-state index in [-0.39, 0.29) is 21.1 Å². The Hall–Kier alpha value is -4.47. The molecule has 0 aliphatic rings. The molecule has 0 saturated carbocycles. The zero-order valence-corrected chi connectivity index (χ0v) is 22.4. The number of hydrogen-bond acceptors (Lipinski definition) is 3. The van der Waals surface area contributed by atoms with Crippen molar-refractivity contribution >= 4 is 38.9 Å². The Morgan fingerprint density at radius 3 is 1.50 bits per heavy atom. The number of benzene rings is 5. The van der Waals surface area contributed by atoms with Gasteiger partial charge < -0.3 is 4.90 Å². The fourth-order valence-electron chi connectivity index (χ4n) is 4.71. The molecule has 7 aromatic rings. The largest absolute Gasteiger partial charge is 2.00 e. The van der Waals surface area contributed by atoms with Crippen molar-refractivity contribution in [3.8, 4) is 11.4 Å². The van der Waals surface area contributed by atoms with Crippen LogP contribution < -0.4 is 4.90 Å². The molecule has 0 bridgehead atoms. The number of para-hydroxylation sites is 3. The summed E-state index contributed by atoms with van der Waals surface area (Å²) in [5, 5.41) is 11.5. The number of fused-ring (bicyclic) bond motifs is 2. The van der Waals surface area contributed by atoms with Gasteiger partial charge in [0.25, 0.3) is 0 Å². The fraction of sp³-hybridized carbons (Fsp3) is 0. The van der Waals surface area contributed by atoms with E-state index in [0.29, 0.717) is 0 Å². The number of rotatable bonds is 5. The maximum Gasteiger partial charge on any atom is 2.00 e. The molecule has 5 aromatic carbocycles. The van der Waals surface area contributed by atoms with Crippen LogP contribution in [0, 0.1) is 12.1 Å². The van der Waals surface area contributed by atoms with Gasteiger partial charge in [0, 0.05) is 16.5 Å². The van der Waals surface area contributed by atoms with Crippen molar-refractivity contribution in [1.29, 1.82) is 0 Å². The molecule has 2 heterocycles. The molecule has 38 heavy (non-hydrogen) atoms. The van der Waals surface area contributed by atoms with E-state index < -0.39 is 0 Å². The van der Waals surface area contributed by atoms with E-state index in [4.69, 9.17) is 0 Å². The summed E-state index contributed by atoms with van der Waals surface area (Å²) in [6.07, 6.45) is 3.77. The number of aromatic nitrogens is 4. The first kappa shape index (κ1) is 23.9. The second-order valence-electron chi connectivity index (χ2n) is 8.74. The normalized spacial score (nSPS) is 10.9. The third kappa shape index (κ3) is 4.21. The minimum absolute atomic E-state index is 0. The Labute approximate surface area is 234 Å². The molecule has 184 valence electrons. The van der Waals surface area contributed by atoms with Gasteiger partial charge in [-0.15, -0.1) is 36.4 Å². The van der Waals surface area contributed by atoms with Crippen LogP contribution in [0.15, 0.2) is 128 Å². The third-order valence-corrected chi connectivity index (χ3v) is 6.44. The van der Waals surface area contributed by atoms with Crippen LogP contribution in [0.3, 0.4) is 0 Å². The van der Waals surface area contributed by atoms with Crippen molar-refractivity contribution < 1.29 is 21.1 Å². The summed E-state index contributed by atoms with van der Waals surface area (Å²) in [5.74, 6) is 0. The number of hydrogen-bond donors (Lipinski definition) is 0. The molecule has 0 unspecified atom stereocenters. The molecule has 0 amide bonds. The van der Waals surface area contributed by atoms with E-state index >= 15 is 0 Å². The van der Waals surface area contributed by atoms with E-state index in [9.17, 15) is 0 Å². The summed E-state index contributed by atoms with van der Waals surface area (Å²) in [5.41, 5.74) is 6.62. The average Bonchev–Trinajstić information content (AvgIpc) is 3.59. The van der Waals surface area contributed by atoms with Crippen molar-refractivity contribution in [2.45, 2.75) is 0 Å². The Bertz CT molecular complexity index is 1740. The van der Waals surface area contributed by atoms with Crippen molar-refractivity contribution in [2.75, 3.05) is 4.90 Å². The first-order valence-electron chi connectivity index (χ1n) is 12.1. The van der Waals surface area contributed by atoms with Crippen molar-refractivity contribution in [1.82, 2.24) is 19.6 Å². The van der Waals surface area contributed by atoms with Gasteiger partial charge in [0.15, 0.2) is 0 Å². The van der Waals surface area contributed by atoms with Gasteiger partial charge in [-0.3, -0.25) is 9.36 Å². The first-order chi connectivity index (χ1) is 18.3. The minimum Gasteiger partial charge on any atom is -0.358 e. The van der Waals surface area contributed by atoms with Gasteiger partial charge in [-0.25, -0.2) is 0 Å². The van der Waals surface area contributed by atoms with Gasteiger partial charge in [-0.2, -0.15) is 22.3 Å². The molecule has 7 rings (SSSR count). The Morgan fingerprint density at radius 1 is 0.500 bits per heavy atom. The molecular formula is C32H21N5Pt. The van der Waals surface area contributed by atoms with Crippen LogP contribution in [0.1, 0.15) is 0 Å². The smallest absolute Gasteiger partial charge is 0.358 e. The zero-order valence-electron chi connectivity index (χ0n) is 20.2. The molecule has 5 nitrogen and oxygen atoms in total. The molecule has 0 aliphatic heterocycles. The van der Waals surface area contributed by atoms with Crippen LogP contribution in [-0.2, 0) is 21.1 Å². The zero-order chi connectivity index (χ0) is 24.6. The fourth-order valence-corrected chi connectivity index (χ4v) is 4.71. The third-order valence-electron chi connectivity index (χ3n) is 6.44. The molecule has 6 heteroatoms. The summed E-state index contributed by atoms with van der Waals surface area (Å²) in [7, 11) is 0. The summed E-state index contributed by atoms with van der Waals surface area (Å²) >= 11 is 0. The summed E-state index contributed by atoms with van der Waals surface area (Å²) in [6, 6.07) is 46.1. The molecule has 0 atom stereocenters. The minimum atomic E-state index is 0. The van der Waals surface area contributed by atoms with Crippen LogP contribution in [0.25, 0.3) is 33.2 Å². The molecular weight excluding hydrogens is 649 g/mol. The van der Waals surface area contributed by atoms with E-state index in [1.807, 2.05) is 88.5 Å². The van der Waals surface area contributed by atoms with Crippen LogP contribution >= 0.6 is 0 Å². The molecule has 0 aliphatic carbocycles. The van der Waals surface area contributed by atoms with Crippen LogP contribution in [0.5, 0.6) is 0 Å². The van der Waals surface area contributed by atoms with Crippen LogP contribution in [0.2, 0.25) is 0 Å². The first-order valence-corrected chi connectivity index (χ1v) is 12.1. The molecule has 0 fully saturated rings. The van der Waals surface area contributed by atoms with E-state index in [0.717, 1.165) is 50.2 Å². The Balaban J connectivity index is 0.00000264. The van der Waals surface area contributed by atoms with Crippen molar-refractivity contribution in [3.63, 3.8) is 0 Å². The maximum absolute atomic E-state index is 4.64. The monoisotopic (exact) mass is 670 g/mol. The molecule has 0 N–H and O–H groups in total. The van der Waals surface area contributed by atoms with Gasteiger partial charge in [-0.05, 0) is 35.6 Å². The van der Waals surface area contributed by atoms with Crippen molar-refractivity contribution in [3.05, 3.63) is 140 Å². The molecule has 0 radical (unpaired) electrons. The molecule has 0 saturated heterocycles. The van der Waals surface area contributed by atoms with Gasteiger partial charge in [0.2, 0.25) is 0 Å². The standard InChI is InChI=1S/C32H21N5.Pt/c1-2-12-26(13-3-1)35(27-14-8-16-29(20-27)36-31-18-6-4-10-24(31)22-33-36)28-15-9-17-30(21-28)37-32-19-7-5-11-25(32)23-34-37;/h1-19,22-23H;/q-2;+2. The second kappa shape index (κ2) is 10.1. The van der Waals surface area contributed by atoms with E-state index in [1.165, 1.54) is 0 Å². The van der Waals surface area contributed by atoms with Gasteiger partial charge in [0.05, 0.1) is 23.4 Å². The van der Waals surface area contributed by atoms with Crippen LogP contribution in [-0.4, -0.2) is 19.6 Å². The van der Waals surface area contributed by atoms with Crippen LogP contribution in [0.4, 0.5) is 17.1 Å². The topological polar surface area (TPSA) is 38.9 Å². The van der Waals surface area contributed by atoms with E-state index in [1.54, 1.807) is 0 Å². The predicted molar refractivity (Wildman–Crippen MR) is 148 cm³/mol. The summed E-state index contributed by atoms with van der Waals surface area (Å²) in [6.45, 7) is 0. The number of nitrogens with zero attached hydrogens (tertiary/aromatic N) is 5. The average molecular weight is 671 g/mol. The quantitative estimate of drug-likeness (QED) is 0.179.